The zero-order valence-corrected chi connectivity index (χ0v) is 13.6. The van der Waals surface area contributed by atoms with E-state index in [1.54, 1.807) is 12.4 Å². The minimum absolute atomic E-state index is 0.166. The molecule has 130 valence electrons. The molecule has 0 radical (unpaired) electrons. The summed E-state index contributed by atoms with van der Waals surface area (Å²) in [5.41, 5.74) is 0.966. The van der Waals surface area contributed by atoms with Gasteiger partial charge in [0.05, 0.1) is 0 Å². The third kappa shape index (κ3) is 4.15. The van der Waals surface area contributed by atoms with Crippen LogP contribution in [0.15, 0.2) is 24.5 Å². The summed E-state index contributed by atoms with van der Waals surface area (Å²) in [6, 6.07) is 3.60. The molecular weight excluding hydrogens is 308 g/mol. The lowest BCUT2D eigenvalue weighted by Crippen LogP contribution is -2.41. The summed E-state index contributed by atoms with van der Waals surface area (Å²) in [4.78, 5) is 28.5. The highest BCUT2D eigenvalue weighted by molar-refractivity contribution is 5.73. The predicted molar refractivity (Wildman–Crippen MR) is 88.4 cm³/mol. The number of fused-ring (bicyclic) bond motifs is 1. The maximum Gasteiger partial charge on any atom is 0.407 e. The fourth-order valence-corrected chi connectivity index (χ4v) is 3.94. The second-order valence-electron chi connectivity index (χ2n) is 6.80. The number of piperidine rings is 1. The third-order valence-electron chi connectivity index (χ3n) is 5.16. The molecule has 1 aromatic rings. The Hall–Kier alpha value is -2.31. The number of amides is 3. The van der Waals surface area contributed by atoms with Gasteiger partial charge in [-0.2, -0.15) is 0 Å². The number of likely N-dealkylation sites (tertiary alicyclic amines) is 1. The van der Waals surface area contributed by atoms with E-state index in [4.69, 9.17) is 5.11 Å². The van der Waals surface area contributed by atoms with Crippen molar-refractivity contribution in [2.24, 2.45) is 17.8 Å². The Bertz CT molecular complexity index is 580. The normalized spacial score (nSPS) is 25.8. The molecule has 1 aliphatic heterocycles. The van der Waals surface area contributed by atoms with Gasteiger partial charge in [-0.3, -0.25) is 4.98 Å². The lowest BCUT2D eigenvalue weighted by Gasteiger charge is -2.33. The first-order chi connectivity index (χ1) is 11.6. The summed E-state index contributed by atoms with van der Waals surface area (Å²) in [6.45, 7) is 2.40. The van der Waals surface area contributed by atoms with Crippen LogP contribution in [-0.4, -0.2) is 46.7 Å². The molecule has 24 heavy (non-hydrogen) atoms. The molecule has 7 heteroatoms. The number of carbonyl (C=O) groups excluding carboxylic acids is 1. The van der Waals surface area contributed by atoms with Crippen LogP contribution in [0.1, 0.15) is 24.8 Å². The van der Waals surface area contributed by atoms with Crippen molar-refractivity contribution in [2.75, 3.05) is 19.6 Å². The molecule has 1 aliphatic carbocycles. The Morgan fingerprint density at radius 2 is 2.12 bits per heavy atom. The SMILES string of the molecule is O=C(NCc1cccnc1)NCC1CC2CCN(C(=O)O)CC2C1. The van der Waals surface area contributed by atoms with Crippen LogP contribution in [-0.2, 0) is 6.54 Å². The molecule has 3 rings (SSSR count). The molecule has 3 amide bonds. The van der Waals surface area contributed by atoms with Gasteiger partial charge < -0.3 is 20.6 Å². The van der Waals surface area contributed by atoms with Gasteiger partial charge in [0, 0.05) is 38.6 Å². The second kappa shape index (κ2) is 7.51. The lowest BCUT2D eigenvalue weighted by molar-refractivity contribution is 0.106. The number of pyridine rings is 1. The van der Waals surface area contributed by atoms with Crippen LogP contribution < -0.4 is 10.6 Å². The molecule has 3 N–H and O–H groups in total. The molecule has 7 nitrogen and oxygen atoms in total. The number of carboxylic acid groups (broad SMARTS) is 1. The average molecular weight is 332 g/mol. The summed E-state index contributed by atoms with van der Waals surface area (Å²) in [5, 5.41) is 14.9. The van der Waals surface area contributed by atoms with Gasteiger partial charge in [0.25, 0.3) is 0 Å². The van der Waals surface area contributed by atoms with E-state index < -0.39 is 6.09 Å². The Labute approximate surface area is 141 Å². The van der Waals surface area contributed by atoms with Crippen LogP contribution in [0.5, 0.6) is 0 Å². The number of aromatic nitrogens is 1. The molecule has 0 aromatic carbocycles. The Morgan fingerprint density at radius 3 is 2.88 bits per heavy atom. The lowest BCUT2D eigenvalue weighted by atomic mass is 9.89. The van der Waals surface area contributed by atoms with Crippen molar-refractivity contribution in [2.45, 2.75) is 25.8 Å². The van der Waals surface area contributed by atoms with E-state index in [1.165, 1.54) is 4.90 Å². The Balaban J connectivity index is 1.38. The van der Waals surface area contributed by atoms with E-state index in [0.29, 0.717) is 43.9 Å². The molecule has 3 atom stereocenters. The van der Waals surface area contributed by atoms with E-state index >= 15 is 0 Å². The number of hydrogen-bond acceptors (Lipinski definition) is 3. The number of hydrogen-bond donors (Lipinski definition) is 3. The Morgan fingerprint density at radius 1 is 1.29 bits per heavy atom. The number of rotatable bonds is 4. The van der Waals surface area contributed by atoms with Crippen molar-refractivity contribution in [1.29, 1.82) is 0 Å². The molecule has 0 bridgehead atoms. The van der Waals surface area contributed by atoms with Crippen LogP contribution in [0.2, 0.25) is 0 Å². The van der Waals surface area contributed by atoms with Gasteiger partial charge in [0.2, 0.25) is 0 Å². The molecule has 0 spiro atoms. The summed E-state index contributed by atoms with van der Waals surface area (Å²) in [5.74, 6) is 1.49. The molecule has 2 heterocycles. The minimum Gasteiger partial charge on any atom is -0.465 e. The standard InChI is InChI=1S/C17H24N4O3/c22-16(19-9-12-2-1-4-18-8-12)20-10-13-6-14-3-5-21(17(23)24)11-15(14)7-13/h1-2,4,8,13-15H,3,5-7,9-11H2,(H,23,24)(H2,19,20,22). The van der Waals surface area contributed by atoms with E-state index in [9.17, 15) is 9.59 Å². The zero-order valence-electron chi connectivity index (χ0n) is 13.6. The van der Waals surface area contributed by atoms with Crippen LogP contribution in [0.4, 0.5) is 9.59 Å². The summed E-state index contributed by atoms with van der Waals surface area (Å²) in [7, 11) is 0. The number of urea groups is 1. The molecule has 2 fully saturated rings. The van der Waals surface area contributed by atoms with Crippen molar-refractivity contribution < 1.29 is 14.7 Å². The fourth-order valence-electron chi connectivity index (χ4n) is 3.94. The molecule has 1 saturated heterocycles. The zero-order chi connectivity index (χ0) is 16.9. The predicted octanol–water partition coefficient (Wildman–Crippen LogP) is 1.91. The maximum atomic E-state index is 11.9. The fraction of sp³-hybridized carbons (Fsp3) is 0.588. The van der Waals surface area contributed by atoms with Gasteiger partial charge in [0.15, 0.2) is 0 Å². The van der Waals surface area contributed by atoms with Gasteiger partial charge in [0.1, 0.15) is 0 Å². The van der Waals surface area contributed by atoms with Crippen LogP contribution in [0, 0.1) is 17.8 Å². The first-order valence-corrected chi connectivity index (χ1v) is 8.50. The largest absolute Gasteiger partial charge is 0.465 e. The van der Waals surface area contributed by atoms with Gasteiger partial charge in [-0.15, -0.1) is 0 Å². The maximum absolute atomic E-state index is 11.9. The summed E-state index contributed by atoms with van der Waals surface area (Å²) < 4.78 is 0. The minimum atomic E-state index is -0.815. The van der Waals surface area contributed by atoms with Crippen molar-refractivity contribution in [1.82, 2.24) is 20.5 Å². The van der Waals surface area contributed by atoms with E-state index in [1.807, 2.05) is 12.1 Å². The van der Waals surface area contributed by atoms with E-state index in [2.05, 4.69) is 15.6 Å². The topological polar surface area (TPSA) is 94.6 Å². The molecular formula is C17H24N4O3. The molecule has 2 aliphatic rings. The second-order valence-corrected chi connectivity index (χ2v) is 6.80. The van der Waals surface area contributed by atoms with Crippen molar-refractivity contribution in [3.05, 3.63) is 30.1 Å². The summed E-state index contributed by atoms with van der Waals surface area (Å²) >= 11 is 0. The molecule has 1 aromatic heterocycles. The van der Waals surface area contributed by atoms with E-state index in [-0.39, 0.29) is 6.03 Å². The smallest absolute Gasteiger partial charge is 0.407 e. The first kappa shape index (κ1) is 16.5. The van der Waals surface area contributed by atoms with Crippen molar-refractivity contribution >= 4 is 12.1 Å². The Kier molecular flexibility index (Phi) is 5.17. The number of nitrogens with one attached hydrogen (secondary N) is 2. The number of nitrogens with zero attached hydrogens (tertiary/aromatic N) is 2. The molecule has 1 saturated carbocycles. The van der Waals surface area contributed by atoms with Crippen molar-refractivity contribution in [3.63, 3.8) is 0 Å². The average Bonchev–Trinajstić information content (AvgIpc) is 3.01. The number of carbonyl (C=O) groups is 2. The van der Waals surface area contributed by atoms with E-state index in [0.717, 1.165) is 24.8 Å². The highest BCUT2D eigenvalue weighted by Crippen LogP contribution is 2.41. The highest BCUT2D eigenvalue weighted by atomic mass is 16.4. The van der Waals surface area contributed by atoms with Crippen LogP contribution >= 0.6 is 0 Å². The van der Waals surface area contributed by atoms with Gasteiger partial charge in [-0.05, 0) is 48.6 Å². The van der Waals surface area contributed by atoms with Gasteiger partial charge in [-0.25, -0.2) is 9.59 Å². The quantitative estimate of drug-likeness (QED) is 0.785. The monoisotopic (exact) mass is 332 g/mol. The van der Waals surface area contributed by atoms with Crippen molar-refractivity contribution in [3.8, 4) is 0 Å². The summed E-state index contributed by atoms with van der Waals surface area (Å²) in [6.07, 6.45) is 5.65. The third-order valence-corrected chi connectivity index (χ3v) is 5.16. The molecule has 3 unspecified atom stereocenters. The van der Waals surface area contributed by atoms with Crippen LogP contribution in [0.25, 0.3) is 0 Å². The highest BCUT2D eigenvalue weighted by Gasteiger charge is 2.39. The van der Waals surface area contributed by atoms with Gasteiger partial charge >= 0.3 is 12.1 Å². The van der Waals surface area contributed by atoms with Gasteiger partial charge in [-0.1, -0.05) is 6.07 Å². The first-order valence-electron chi connectivity index (χ1n) is 8.50. The van der Waals surface area contributed by atoms with Crippen LogP contribution in [0.3, 0.4) is 0 Å².